The molecular weight excluding hydrogens is 126 g/mol. The topological polar surface area (TPSA) is 32.3 Å². The lowest BCUT2D eigenvalue weighted by molar-refractivity contribution is 0.203. The molecule has 0 heterocycles. The molecule has 0 rings (SSSR count). The highest BCUT2D eigenvalue weighted by molar-refractivity contribution is 4.70. The molecule has 0 aromatic rings. The summed E-state index contributed by atoms with van der Waals surface area (Å²) >= 11 is 0. The van der Waals surface area contributed by atoms with Crippen LogP contribution in [0.3, 0.4) is 0 Å². The predicted molar refractivity (Wildman–Crippen MR) is 44.0 cm³/mol. The van der Waals surface area contributed by atoms with Crippen LogP contribution >= 0.6 is 0 Å². The number of hydrogen-bond acceptors (Lipinski definition) is 2. The van der Waals surface area contributed by atoms with Crippen LogP contribution < -0.4 is 5.32 Å². The summed E-state index contributed by atoms with van der Waals surface area (Å²) in [5, 5.41) is 12.2. The summed E-state index contributed by atoms with van der Waals surface area (Å²) in [6, 6.07) is 0.708. The van der Waals surface area contributed by atoms with E-state index >= 15 is 0 Å². The SMILES string of the molecule is CC(C)N[C@H](CO)C(C)C. The lowest BCUT2D eigenvalue weighted by Crippen LogP contribution is -2.41. The summed E-state index contributed by atoms with van der Waals surface area (Å²) in [4.78, 5) is 0. The van der Waals surface area contributed by atoms with Crippen LogP contribution in [0.5, 0.6) is 0 Å². The van der Waals surface area contributed by atoms with Gasteiger partial charge in [-0.25, -0.2) is 0 Å². The Kier molecular flexibility index (Phi) is 4.65. The predicted octanol–water partition coefficient (Wildman–Crippen LogP) is 1.00. The Hall–Kier alpha value is -0.0800. The molecule has 2 N–H and O–H groups in total. The molecule has 0 fully saturated rings. The Morgan fingerprint density at radius 3 is 1.80 bits per heavy atom. The molecule has 0 saturated carbocycles. The van der Waals surface area contributed by atoms with Gasteiger partial charge in [-0.3, -0.25) is 0 Å². The Balaban J connectivity index is 3.60. The maximum atomic E-state index is 8.88. The maximum Gasteiger partial charge on any atom is 0.0587 e. The van der Waals surface area contributed by atoms with Crippen LogP contribution in [0.25, 0.3) is 0 Å². The van der Waals surface area contributed by atoms with Gasteiger partial charge in [0.1, 0.15) is 0 Å². The summed E-state index contributed by atoms with van der Waals surface area (Å²) in [6.07, 6.45) is 0. The molecule has 0 bridgehead atoms. The smallest absolute Gasteiger partial charge is 0.0587 e. The molecule has 0 amide bonds. The van der Waals surface area contributed by atoms with E-state index < -0.39 is 0 Å². The van der Waals surface area contributed by atoms with Gasteiger partial charge in [0.25, 0.3) is 0 Å². The van der Waals surface area contributed by atoms with Crippen LogP contribution in [-0.2, 0) is 0 Å². The van der Waals surface area contributed by atoms with Crippen molar-refractivity contribution in [3.63, 3.8) is 0 Å². The van der Waals surface area contributed by atoms with Gasteiger partial charge >= 0.3 is 0 Å². The third-order valence-electron chi connectivity index (χ3n) is 1.55. The summed E-state index contributed by atoms with van der Waals surface area (Å²) in [5.41, 5.74) is 0. The molecule has 0 unspecified atom stereocenters. The molecule has 0 aliphatic carbocycles. The monoisotopic (exact) mass is 145 g/mol. The third-order valence-corrected chi connectivity index (χ3v) is 1.55. The number of nitrogens with one attached hydrogen (secondary N) is 1. The van der Waals surface area contributed by atoms with Crippen molar-refractivity contribution in [2.24, 2.45) is 5.92 Å². The quantitative estimate of drug-likeness (QED) is 0.618. The molecule has 0 aliphatic rings. The summed E-state index contributed by atoms with van der Waals surface area (Å²) in [6.45, 7) is 8.62. The van der Waals surface area contributed by atoms with Crippen LogP contribution in [0, 0.1) is 5.92 Å². The Bertz CT molecular complexity index is 81.3. The van der Waals surface area contributed by atoms with Crippen molar-refractivity contribution in [3.8, 4) is 0 Å². The lowest BCUT2D eigenvalue weighted by Gasteiger charge is -2.22. The molecular formula is C8H19NO. The highest BCUT2D eigenvalue weighted by atomic mass is 16.3. The van der Waals surface area contributed by atoms with E-state index in [1.807, 2.05) is 0 Å². The second-order valence-electron chi connectivity index (χ2n) is 3.35. The Morgan fingerprint density at radius 1 is 1.20 bits per heavy atom. The van der Waals surface area contributed by atoms with Gasteiger partial charge in [-0.15, -0.1) is 0 Å². The molecule has 0 aliphatic heterocycles. The van der Waals surface area contributed by atoms with Crippen LogP contribution in [0.2, 0.25) is 0 Å². The molecule has 10 heavy (non-hydrogen) atoms. The molecule has 0 spiro atoms. The first-order chi connectivity index (χ1) is 4.57. The van der Waals surface area contributed by atoms with Crippen molar-refractivity contribution in [2.45, 2.75) is 39.8 Å². The summed E-state index contributed by atoms with van der Waals surface area (Å²) in [7, 11) is 0. The third kappa shape index (κ3) is 3.85. The minimum absolute atomic E-state index is 0.232. The van der Waals surface area contributed by atoms with Gasteiger partial charge in [-0.2, -0.15) is 0 Å². The van der Waals surface area contributed by atoms with Gasteiger partial charge in [0.2, 0.25) is 0 Å². The zero-order valence-corrected chi connectivity index (χ0v) is 7.39. The largest absolute Gasteiger partial charge is 0.395 e. The van der Waals surface area contributed by atoms with E-state index in [1.54, 1.807) is 0 Å². The number of hydrogen-bond donors (Lipinski definition) is 2. The van der Waals surface area contributed by atoms with Crippen LogP contribution in [-0.4, -0.2) is 23.8 Å². The van der Waals surface area contributed by atoms with E-state index in [-0.39, 0.29) is 12.6 Å². The van der Waals surface area contributed by atoms with E-state index in [9.17, 15) is 0 Å². The normalized spacial score (nSPS) is 14.7. The van der Waals surface area contributed by atoms with Crippen molar-refractivity contribution in [2.75, 3.05) is 6.61 Å². The number of aliphatic hydroxyl groups excluding tert-OH is 1. The first-order valence-electron chi connectivity index (χ1n) is 3.94. The highest BCUT2D eigenvalue weighted by Crippen LogP contribution is 2.00. The number of aliphatic hydroxyl groups is 1. The fraction of sp³-hybridized carbons (Fsp3) is 1.00. The van der Waals surface area contributed by atoms with Crippen LogP contribution in [0.15, 0.2) is 0 Å². The van der Waals surface area contributed by atoms with Gasteiger partial charge in [-0.05, 0) is 5.92 Å². The first-order valence-corrected chi connectivity index (χ1v) is 3.94. The molecule has 0 saturated heterocycles. The molecule has 2 heteroatoms. The fourth-order valence-corrected chi connectivity index (χ4v) is 0.884. The van der Waals surface area contributed by atoms with Gasteiger partial charge in [0.15, 0.2) is 0 Å². The average Bonchev–Trinajstić information content (AvgIpc) is 1.81. The summed E-state index contributed by atoms with van der Waals surface area (Å²) in [5.74, 6) is 0.507. The van der Waals surface area contributed by atoms with E-state index in [0.29, 0.717) is 12.0 Å². The van der Waals surface area contributed by atoms with Crippen LogP contribution in [0.4, 0.5) is 0 Å². The molecule has 1 atom stereocenters. The zero-order valence-electron chi connectivity index (χ0n) is 7.39. The van der Waals surface area contributed by atoms with E-state index in [2.05, 4.69) is 33.0 Å². The maximum absolute atomic E-state index is 8.88. The van der Waals surface area contributed by atoms with Crippen LogP contribution in [0.1, 0.15) is 27.7 Å². The number of rotatable bonds is 4. The fourth-order valence-electron chi connectivity index (χ4n) is 0.884. The minimum atomic E-state index is 0.232. The second-order valence-corrected chi connectivity index (χ2v) is 3.35. The van der Waals surface area contributed by atoms with E-state index in [0.717, 1.165) is 0 Å². The van der Waals surface area contributed by atoms with Gasteiger partial charge < -0.3 is 10.4 Å². The molecule has 2 nitrogen and oxygen atoms in total. The van der Waals surface area contributed by atoms with Crippen molar-refractivity contribution < 1.29 is 5.11 Å². The van der Waals surface area contributed by atoms with E-state index in [4.69, 9.17) is 5.11 Å². The Labute approximate surface area is 63.6 Å². The van der Waals surface area contributed by atoms with Gasteiger partial charge in [-0.1, -0.05) is 27.7 Å². The molecule has 0 aromatic heterocycles. The van der Waals surface area contributed by atoms with Crippen molar-refractivity contribution >= 4 is 0 Å². The molecule has 0 radical (unpaired) electrons. The van der Waals surface area contributed by atoms with Gasteiger partial charge in [0.05, 0.1) is 6.61 Å². The standard InChI is InChI=1S/C8H19NO/c1-6(2)8(5-10)9-7(3)4/h6-10H,5H2,1-4H3/t8-/m1/s1. The van der Waals surface area contributed by atoms with E-state index in [1.165, 1.54) is 0 Å². The average molecular weight is 145 g/mol. The highest BCUT2D eigenvalue weighted by Gasteiger charge is 2.11. The van der Waals surface area contributed by atoms with Crippen molar-refractivity contribution in [1.82, 2.24) is 5.32 Å². The first kappa shape index (κ1) is 9.92. The summed E-state index contributed by atoms with van der Waals surface area (Å²) < 4.78 is 0. The Morgan fingerprint density at radius 2 is 1.70 bits per heavy atom. The minimum Gasteiger partial charge on any atom is -0.395 e. The van der Waals surface area contributed by atoms with Crippen molar-refractivity contribution in [1.29, 1.82) is 0 Å². The molecule has 0 aromatic carbocycles. The van der Waals surface area contributed by atoms with Gasteiger partial charge in [0, 0.05) is 12.1 Å². The molecule has 62 valence electrons. The zero-order chi connectivity index (χ0) is 8.15. The second kappa shape index (κ2) is 4.69. The van der Waals surface area contributed by atoms with Crippen molar-refractivity contribution in [3.05, 3.63) is 0 Å². The lowest BCUT2D eigenvalue weighted by atomic mass is 10.0.